The number of likely N-dealkylation sites (N-methyl/N-ethyl adjacent to an activating group) is 1. The summed E-state index contributed by atoms with van der Waals surface area (Å²) >= 11 is 0. The van der Waals surface area contributed by atoms with E-state index in [2.05, 4.69) is 58.3 Å². The fraction of sp³-hybridized carbons (Fsp3) is 0.650. The highest BCUT2D eigenvalue weighted by molar-refractivity contribution is 5.81. The number of carbonyl (C=O) groups excluding carboxylic acids is 1. The molecule has 1 aromatic rings. The highest BCUT2D eigenvalue weighted by Crippen LogP contribution is 2.21. The van der Waals surface area contributed by atoms with Crippen LogP contribution in [0.5, 0.6) is 0 Å². The van der Waals surface area contributed by atoms with E-state index in [1.165, 1.54) is 12.1 Å². The van der Waals surface area contributed by atoms with E-state index >= 15 is 0 Å². The number of carbonyl (C=O) groups is 1. The second kappa shape index (κ2) is 8.56. The molecule has 5 nitrogen and oxygen atoms in total. The molecule has 1 atom stereocenters. The van der Waals surface area contributed by atoms with Gasteiger partial charge < -0.3 is 20.0 Å². The summed E-state index contributed by atoms with van der Waals surface area (Å²) in [4.78, 5) is 19.4. The summed E-state index contributed by atoms with van der Waals surface area (Å²) in [7, 11) is 2.17. The van der Waals surface area contributed by atoms with Gasteiger partial charge in [0.1, 0.15) is 0 Å². The van der Waals surface area contributed by atoms with Gasteiger partial charge in [0, 0.05) is 50.1 Å². The highest BCUT2D eigenvalue weighted by Gasteiger charge is 2.24. The molecule has 138 valence electrons. The molecule has 0 aliphatic carbocycles. The molecule has 2 aliphatic rings. The molecule has 0 aromatic heterocycles. The van der Waals surface area contributed by atoms with Crippen LogP contribution < -0.4 is 10.2 Å². The summed E-state index contributed by atoms with van der Waals surface area (Å²) in [5, 5.41) is 3.31. The van der Waals surface area contributed by atoms with Crippen LogP contribution in [0.1, 0.15) is 32.6 Å². The van der Waals surface area contributed by atoms with Crippen molar-refractivity contribution in [2.24, 2.45) is 0 Å². The number of anilines is 2. The van der Waals surface area contributed by atoms with Crippen LogP contribution in [-0.4, -0.2) is 68.1 Å². The van der Waals surface area contributed by atoms with Gasteiger partial charge in [0.2, 0.25) is 5.91 Å². The fourth-order valence-corrected chi connectivity index (χ4v) is 3.89. The van der Waals surface area contributed by atoms with Crippen molar-refractivity contribution in [3.63, 3.8) is 0 Å². The van der Waals surface area contributed by atoms with E-state index in [-0.39, 0.29) is 5.91 Å². The van der Waals surface area contributed by atoms with Crippen molar-refractivity contribution < 1.29 is 4.79 Å². The molecule has 1 N–H and O–H groups in total. The number of nitrogens with one attached hydrogen (secondary N) is 1. The normalized spacial score (nSPS) is 22.1. The van der Waals surface area contributed by atoms with Gasteiger partial charge in [-0.05, 0) is 57.0 Å². The lowest BCUT2D eigenvalue weighted by molar-refractivity contribution is -0.133. The summed E-state index contributed by atoms with van der Waals surface area (Å²) in [6, 6.07) is 8.94. The highest BCUT2D eigenvalue weighted by atomic mass is 16.2. The van der Waals surface area contributed by atoms with Crippen LogP contribution in [0.4, 0.5) is 11.4 Å². The van der Waals surface area contributed by atoms with Crippen molar-refractivity contribution >= 4 is 17.3 Å². The van der Waals surface area contributed by atoms with E-state index in [1.807, 2.05) is 0 Å². The van der Waals surface area contributed by atoms with Gasteiger partial charge in [0.15, 0.2) is 0 Å². The van der Waals surface area contributed by atoms with E-state index in [1.54, 1.807) is 0 Å². The third-order valence-electron chi connectivity index (χ3n) is 5.60. The monoisotopic (exact) mass is 344 g/mol. The Hall–Kier alpha value is -1.75. The van der Waals surface area contributed by atoms with Crippen LogP contribution in [0.15, 0.2) is 24.3 Å². The quantitative estimate of drug-likeness (QED) is 0.891. The molecule has 0 saturated carbocycles. The minimum Gasteiger partial charge on any atom is -0.376 e. The molecule has 25 heavy (non-hydrogen) atoms. The number of piperidine rings is 1. The molecule has 2 saturated heterocycles. The second-order valence-corrected chi connectivity index (χ2v) is 7.34. The Morgan fingerprint density at radius 1 is 1.08 bits per heavy atom. The molecule has 5 heteroatoms. The maximum absolute atomic E-state index is 12.5. The Bertz CT molecular complexity index is 551. The molecule has 2 aliphatic heterocycles. The molecule has 0 spiro atoms. The predicted molar refractivity (Wildman–Crippen MR) is 104 cm³/mol. The van der Waals surface area contributed by atoms with Crippen LogP contribution in [-0.2, 0) is 4.79 Å². The number of rotatable bonds is 5. The van der Waals surface area contributed by atoms with Crippen molar-refractivity contribution in [2.75, 3.05) is 56.5 Å². The first-order valence-corrected chi connectivity index (χ1v) is 9.74. The van der Waals surface area contributed by atoms with E-state index in [0.717, 1.165) is 57.7 Å². The van der Waals surface area contributed by atoms with Crippen molar-refractivity contribution in [3.05, 3.63) is 24.3 Å². The van der Waals surface area contributed by atoms with Gasteiger partial charge >= 0.3 is 0 Å². The molecule has 0 bridgehead atoms. The Morgan fingerprint density at radius 3 is 2.48 bits per heavy atom. The Labute approximate surface area is 152 Å². The Balaban J connectivity index is 1.50. The van der Waals surface area contributed by atoms with Gasteiger partial charge in [-0.25, -0.2) is 0 Å². The molecule has 0 radical (unpaired) electrons. The smallest absolute Gasteiger partial charge is 0.242 e. The molecule has 2 heterocycles. The first-order chi connectivity index (χ1) is 12.2. The third kappa shape index (κ3) is 4.66. The third-order valence-corrected chi connectivity index (χ3v) is 5.60. The van der Waals surface area contributed by atoms with Crippen molar-refractivity contribution in [2.45, 2.75) is 38.6 Å². The fourth-order valence-electron chi connectivity index (χ4n) is 3.89. The van der Waals surface area contributed by atoms with Crippen LogP contribution in [0.2, 0.25) is 0 Å². The number of nitrogens with zero attached hydrogens (tertiary/aromatic N) is 3. The molecule has 1 amide bonds. The van der Waals surface area contributed by atoms with Crippen LogP contribution >= 0.6 is 0 Å². The number of hydrogen-bond acceptors (Lipinski definition) is 4. The first-order valence-electron chi connectivity index (χ1n) is 9.74. The zero-order valence-electron chi connectivity index (χ0n) is 15.7. The largest absolute Gasteiger partial charge is 0.376 e. The van der Waals surface area contributed by atoms with Crippen LogP contribution in [0.25, 0.3) is 0 Å². The van der Waals surface area contributed by atoms with Crippen molar-refractivity contribution in [1.29, 1.82) is 0 Å². The van der Waals surface area contributed by atoms with Crippen LogP contribution in [0, 0.1) is 0 Å². The lowest BCUT2D eigenvalue weighted by Crippen LogP contribution is -2.45. The van der Waals surface area contributed by atoms with Gasteiger partial charge in [-0.15, -0.1) is 0 Å². The van der Waals surface area contributed by atoms with Gasteiger partial charge in [-0.2, -0.15) is 0 Å². The first kappa shape index (κ1) is 18.1. The summed E-state index contributed by atoms with van der Waals surface area (Å²) in [6.07, 6.45) is 4.61. The standard InChI is InChI=1S/C20H32N4O/c1-3-18-6-4-5-11-24(18)20(25)16-21-17-7-9-19(10-8-17)23-14-12-22(2)13-15-23/h7-10,18,21H,3-6,11-16H2,1-2H3. The average molecular weight is 345 g/mol. The maximum atomic E-state index is 12.5. The zero-order chi connectivity index (χ0) is 17.6. The van der Waals surface area contributed by atoms with E-state index < -0.39 is 0 Å². The van der Waals surface area contributed by atoms with Crippen LogP contribution in [0.3, 0.4) is 0 Å². The minimum absolute atomic E-state index is 0.231. The van der Waals surface area contributed by atoms with E-state index in [9.17, 15) is 4.79 Å². The van der Waals surface area contributed by atoms with Crippen molar-refractivity contribution in [1.82, 2.24) is 9.80 Å². The Morgan fingerprint density at radius 2 is 1.80 bits per heavy atom. The Kier molecular flexibility index (Phi) is 6.19. The summed E-state index contributed by atoms with van der Waals surface area (Å²) < 4.78 is 0. The van der Waals surface area contributed by atoms with Gasteiger partial charge in [-0.1, -0.05) is 6.92 Å². The SMILES string of the molecule is CCC1CCCCN1C(=O)CNc1ccc(N2CCN(C)CC2)cc1. The van der Waals surface area contributed by atoms with Gasteiger partial charge in [0.25, 0.3) is 0 Å². The van der Waals surface area contributed by atoms with E-state index in [0.29, 0.717) is 12.6 Å². The maximum Gasteiger partial charge on any atom is 0.242 e. The van der Waals surface area contributed by atoms with Crippen molar-refractivity contribution in [3.8, 4) is 0 Å². The summed E-state index contributed by atoms with van der Waals surface area (Å²) in [5.41, 5.74) is 2.29. The number of hydrogen-bond donors (Lipinski definition) is 1. The average Bonchev–Trinajstić information content (AvgIpc) is 2.67. The van der Waals surface area contributed by atoms with E-state index in [4.69, 9.17) is 0 Å². The number of amides is 1. The molecular formula is C20H32N4O. The van der Waals surface area contributed by atoms with Gasteiger partial charge in [-0.3, -0.25) is 4.79 Å². The van der Waals surface area contributed by atoms with Gasteiger partial charge in [0.05, 0.1) is 6.54 Å². The minimum atomic E-state index is 0.231. The predicted octanol–water partition coefficient (Wildman–Crippen LogP) is 2.64. The summed E-state index contributed by atoms with van der Waals surface area (Å²) in [5.74, 6) is 0.231. The molecular weight excluding hydrogens is 312 g/mol. The lowest BCUT2D eigenvalue weighted by Gasteiger charge is -2.35. The molecule has 2 fully saturated rings. The molecule has 1 aromatic carbocycles. The second-order valence-electron chi connectivity index (χ2n) is 7.34. The lowest BCUT2D eigenvalue weighted by atomic mass is 10.00. The number of likely N-dealkylation sites (tertiary alicyclic amines) is 1. The summed E-state index contributed by atoms with van der Waals surface area (Å²) in [6.45, 7) is 7.88. The topological polar surface area (TPSA) is 38.8 Å². The molecule has 1 unspecified atom stereocenters. The number of piperazine rings is 1. The zero-order valence-corrected chi connectivity index (χ0v) is 15.7. The molecule has 3 rings (SSSR count). The number of benzene rings is 1.